The highest BCUT2D eigenvalue weighted by molar-refractivity contribution is 7.88. The highest BCUT2D eigenvalue weighted by atomic mass is 32.2. The highest BCUT2D eigenvalue weighted by Gasteiger charge is 2.44. The van der Waals surface area contributed by atoms with Gasteiger partial charge in [-0.25, -0.2) is 32.1 Å². The lowest BCUT2D eigenvalue weighted by Crippen LogP contribution is -2.41. The summed E-state index contributed by atoms with van der Waals surface area (Å²) in [7, 11) is -1.87. The van der Waals surface area contributed by atoms with E-state index < -0.39 is 40.4 Å². The van der Waals surface area contributed by atoms with Gasteiger partial charge in [0.25, 0.3) is 0 Å². The Morgan fingerprint density at radius 2 is 1.45 bits per heavy atom. The molecule has 56 heavy (non-hydrogen) atoms. The van der Waals surface area contributed by atoms with Crippen molar-refractivity contribution in [3.63, 3.8) is 0 Å². The molecular formula is C34H46F6N6O9S. The van der Waals surface area contributed by atoms with E-state index in [9.17, 15) is 44.3 Å². The quantitative estimate of drug-likeness (QED) is 0.227. The van der Waals surface area contributed by atoms with Crippen LogP contribution in [0.15, 0.2) is 30.5 Å². The Hall–Kier alpha value is -4.44. The Labute approximate surface area is 319 Å². The molecule has 2 aliphatic heterocycles. The van der Waals surface area contributed by atoms with Crippen LogP contribution in [0.3, 0.4) is 0 Å². The maximum Gasteiger partial charge on any atom is 0.490 e. The van der Waals surface area contributed by atoms with E-state index in [2.05, 4.69) is 26.9 Å². The van der Waals surface area contributed by atoms with Gasteiger partial charge in [0.2, 0.25) is 15.9 Å². The van der Waals surface area contributed by atoms with Crippen molar-refractivity contribution in [2.45, 2.75) is 76.3 Å². The fourth-order valence-electron chi connectivity index (χ4n) is 7.07. The van der Waals surface area contributed by atoms with Gasteiger partial charge in [0, 0.05) is 37.3 Å². The van der Waals surface area contributed by atoms with Crippen LogP contribution in [0, 0.1) is 23.7 Å². The third-order valence-electron chi connectivity index (χ3n) is 10.1. The van der Waals surface area contributed by atoms with Gasteiger partial charge in [-0.05, 0) is 87.3 Å². The number of carboxylic acid groups (broad SMARTS) is 2. The van der Waals surface area contributed by atoms with Crippen LogP contribution in [0.4, 0.5) is 36.8 Å². The van der Waals surface area contributed by atoms with Gasteiger partial charge in [-0.2, -0.15) is 26.3 Å². The summed E-state index contributed by atoms with van der Waals surface area (Å²) in [6.07, 6.45) is -1.52. The molecule has 1 saturated carbocycles. The molecule has 314 valence electrons. The number of carbonyl (C=O) groups is 4. The molecule has 2 amide bonds. The van der Waals surface area contributed by atoms with Crippen molar-refractivity contribution >= 4 is 39.6 Å². The number of hydrogen-bond acceptors (Lipinski definition) is 9. The Bertz CT molecular complexity index is 1730. The number of nitrogens with zero attached hydrogens (tertiary/aromatic N) is 3. The number of aromatic amines is 1. The Morgan fingerprint density at radius 3 is 1.89 bits per heavy atom. The van der Waals surface area contributed by atoms with E-state index in [4.69, 9.17) is 30.5 Å². The van der Waals surface area contributed by atoms with Gasteiger partial charge in [-0.15, -0.1) is 0 Å². The molecule has 0 bridgehead atoms. The van der Waals surface area contributed by atoms with Crippen LogP contribution in [-0.2, 0) is 29.1 Å². The molecule has 1 aromatic carbocycles. The summed E-state index contributed by atoms with van der Waals surface area (Å²) < 4.78 is 93.8. The number of aromatic nitrogens is 2. The molecular weight excluding hydrogens is 782 g/mol. The molecule has 2 aromatic rings. The summed E-state index contributed by atoms with van der Waals surface area (Å²) in [5, 5.41) is 16.9. The van der Waals surface area contributed by atoms with Crippen LogP contribution in [0.1, 0.15) is 63.7 Å². The van der Waals surface area contributed by atoms with Crippen molar-refractivity contribution in [1.29, 1.82) is 0 Å². The number of nitrogens with two attached hydrogens (primary N) is 1. The lowest BCUT2D eigenvalue weighted by atomic mass is 9.78. The molecule has 3 heterocycles. The molecule has 1 aromatic heterocycles. The van der Waals surface area contributed by atoms with Gasteiger partial charge in [0.15, 0.2) is 0 Å². The number of amides is 2. The number of carbonyl (C=O) groups excluding carboxylic acids is 2. The molecule has 0 radical (unpaired) electrons. The number of sulfonamides is 1. The van der Waals surface area contributed by atoms with Crippen molar-refractivity contribution < 1.29 is 68.9 Å². The minimum atomic E-state index is -5.08. The number of halogens is 6. The lowest BCUT2D eigenvalue weighted by Gasteiger charge is -2.34. The number of aliphatic carboxylic acids is 2. The average molecular weight is 829 g/mol. The number of nitrogens with one attached hydrogen (secondary N) is 2. The van der Waals surface area contributed by atoms with Crippen LogP contribution < -0.4 is 11.1 Å². The zero-order valence-corrected chi connectivity index (χ0v) is 31.6. The first kappa shape index (κ1) is 45.9. The zero-order chi connectivity index (χ0) is 42.2. The minimum Gasteiger partial charge on any atom is -0.475 e. The Morgan fingerprint density at radius 1 is 0.929 bits per heavy atom. The Kier molecular flexibility index (Phi) is 15.7. The fraction of sp³-hybridized carbons (Fsp3) is 0.618. The molecule has 3 fully saturated rings. The largest absolute Gasteiger partial charge is 0.490 e. The van der Waals surface area contributed by atoms with Crippen LogP contribution in [0.2, 0.25) is 0 Å². The van der Waals surface area contributed by atoms with Crippen LogP contribution in [0.5, 0.6) is 0 Å². The number of carboxylic acids is 2. The number of H-pyrrole nitrogens is 1. The molecule has 1 aliphatic carbocycles. The third kappa shape index (κ3) is 13.1. The van der Waals surface area contributed by atoms with E-state index >= 15 is 0 Å². The van der Waals surface area contributed by atoms with Gasteiger partial charge >= 0.3 is 30.4 Å². The number of benzene rings is 1. The molecule has 3 aliphatic rings. The van der Waals surface area contributed by atoms with Crippen molar-refractivity contribution in [3.8, 4) is 11.3 Å². The summed E-state index contributed by atoms with van der Waals surface area (Å²) in [6.45, 7) is 3.79. The second-order valence-electron chi connectivity index (χ2n) is 14.0. The van der Waals surface area contributed by atoms with Gasteiger partial charge in [0.05, 0.1) is 31.3 Å². The topological polar surface area (TPSA) is 225 Å². The first-order valence-electron chi connectivity index (χ1n) is 17.5. The lowest BCUT2D eigenvalue weighted by molar-refractivity contribution is -0.193. The molecule has 2 saturated heterocycles. The van der Waals surface area contributed by atoms with E-state index in [1.54, 1.807) is 22.6 Å². The summed E-state index contributed by atoms with van der Waals surface area (Å²) in [4.78, 5) is 53.6. The minimum absolute atomic E-state index is 0.00220. The maximum absolute atomic E-state index is 14.0. The van der Waals surface area contributed by atoms with Crippen molar-refractivity contribution in [2.75, 3.05) is 38.3 Å². The Balaban J connectivity index is 0.000000512. The number of ether oxygens (including phenoxy) is 1. The predicted octanol–water partition coefficient (Wildman–Crippen LogP) is 5.24. The molecule has 15 nitrogen and oxygen atoms in total. The van der Waals surface area contributed by atoms with Crippen LogP contribution in [0.25, 0.3) is 11.3 Å². The average Bonchev–Trinajstić information content (AvgIpc) is 3.79. The monoisotopic (exact) mass is 828 g/mol. The second-order valence-corrected chi connectivity index (χ2v) is 15.9. The normalized spacial score (nSPS) is 22.8. The first-order valence-corrected chi connectivity index (χ1v) is 19.4. The maximum atomic E-state index is 14.0. The predicted molar refractivity (Wildman–Crippen MR) is 188 cm³/mol. The molecule has 0 unspecified atom stereocenters. The van der Waals surface area contributed by atoms with E-state index in [1.165, 1.54) is 13.4 Å². The number of piperidine rings is 1. The van der Waals surface area contributed by atoms with Gasteiger partial charge in [-0.3, -0.25) is 10.1 Å². The number of alkyl halides is 6. The summed E-state index contributed by atoms with van der Waals surface area (Å²) in [5.74, 6) is -3.42. The van der Waals surface area contributed by atoms with E-state index in [0.29, 0.717) is 43.1 Å². The van der Waals surface area contributed by atoms with Gasteiger partial charge < -0.3 is 30.6 Å². The fourth-order valence-corrected chi connectivity index (χ4v) is 7.95. The van der Waals surface area contributed by atoms with Crippen molar-refractivity contribution in [3.05, 3.63) is 36.3 Å². The molecule has 6 N–H and O–H groups in total. The second kappa shape index (κ2) is 19.1. The van der Waals surface area contributed by atoms with Crippen molar-refractivity contribution in [1.82, 2.24) is 19.2 Å². The smallest absolute Gasteiger partial charge is 0.475 e. The van der Waals surface area contributed by atoms with E-state index in [1.807, 2.05) is 12.1 Å². The van der Waals surface area contributed by atoms with E-state index in [0.717, 1.165) is 62.0 Å². The van der Waals surface area contributed by atoms with Crippen LogP contribution in [-0.4, -0.2) is 113 Å². The highest BCUT2D eigenvalue weighted by Crippen LogP contribution is 2.43. The zero-order valence-electron chi connectivity index (χ0n) is 30.8. The standard InChI is InChI=1S/C30H44N6O5S.2C2HF3O2/c1-19(31)20-4-6-23(7-5-20)29(37)36-18-24(21-12-14-35(15-13-21)42(3,39)40)16-27(36)28-32-17-26(34-28)22-8-10-25(11-9-22)33-30(38)41-2;2*3-2(4,5)1(6)7/h8-11,17,19-21,23-24,27H,4-7,12-16,18,31H2,1-3H3,(H,32,34)(H,33,38);2*(H,6,7)/t19-,20?,23?,24-,27-;;/m0../s1. The number of rotatable bonds is 7. The molecule has 22 heteroatoms. The van der Waals surface area contributed by atoms with Crippen LogP contribution >= 0.6 is 0 Å². The summed E-state index contributed by atoms with van der Waals surface area (Å²) in [6, 6.07) is 7.39. The van der Waals surface area contributed by atoms with Gasteiger partial charge in [0.1, 0.15) is 5.82 Å². The molecule has 0 spiro atoms. The number of methoxy groups -OCH3 is 1. The number of hydrogen-bond donors (Lipinski definition) is 5. The number of imidazole rings is 1. The van der Waals surface area contributed by atoms with E-state index in [-0.39, 0.29) is 23.9 Å². The summed E-state index contributed by atoms with van der Waals surface area (Å²) in [5.41, 5.74) is 8.54. The molecule has 5 rings (SSSR count). The van der Waals surface area contributed by atoms with Crippen molar-refractivity contribution in [2.24, 2.45) is 29.4 Å². The SMILES string of the molecule is COC(=O)Nc1ccc(-c2cnc([C@@H]3C[C@H](C4CCN(S(C)(=O)=O)CC4)CN3C(=O)C3CCC([C@H](C)N)CC3)[nH]2)cc1.O=C(O)C(F)(F)F.O=C(O)C(F)(F)F. The summed E-state index contributed by atoms with van der Waals surface area (Å²) >= 11 is 0. The number of anilines is 1. The third-order valence-corrected chi connectivity index (χ3v) is 11.4. The van der Waals surface area contributed by atoms with Gasteiger partial charge in [-0.1, -0.05) is 12.1 Å². The molecule has 3 atom stereocenters. The number of likely N-dealkylation sites (tertiary alicyclic amines) is 1. The first-order chi connectivity index (χ1) is 25.9.